The zero-order valence-corrected chi connectivity index (χ0v) is 13.7. The number of rotatable bonds is 3. The van der Waals surface area contributed by atoms with Crippen molar-refractivity contribution < 1.29 is 14.6 Å². The minimum Gasteiger partial charge on any atom is -0.444 e. The van der Waals surface area contributed by atoms with Crippen LogP contribution in [0.3, 0.4) is 0 Å². The van der Waals surface area contributed by atoms with Gasteiger partial charge in [0.2, 0.25) is 0 Å². The fourth-order valence-corrected chi connectivity index (χ4v) is 2.91. The minimum absolute atomic E-state index is 0.208. The third-order valence-corrected chi connectivity index (χ3v) is 4.38. The van der Waals surface area contributed by atoms with Crippen LogP contribution in [0.15, 0.2) is 0 Å². The molecule has 0 aromatic carbocycles. The number of nitrogens with one attached hydrogen (secondary N) is 1. The van der Waals surface area contributed by atoms with Crippen molar-refractivity contribution >= 4 is 6.09 Å². The molecular weight excluding hydrogens is 268 g/mol. The van der Waals surface area contributed by atoms with Gasteiger partial charge in [0.1, 0.15) is 5.60 Å². The molecule has 1 saturated heterocycles. The van der Waals surface area contributed by atoms with Crippen LogP contribution in [-0.4, -0.2) is 53.0 Å². The Labute approximate surface area is 128 Å². The second-order valence-electron chi connectivity index (χ2n) is 7.55. The van der Waals surface area contributed by atoms with Crippen LogP contribution in [0.5, 0.6) is 0 Å². The number of likely N-dealkylation sites (tertiary alicyclic amines) is 1. The van der Waals surface area contributed by atoms with Gasteiger partial charge in [0.05, 0.1) is 5.60 Å². The van der Waals surface area contributed by atoms with E-state index in [2.05, 4.69) is 5.32 Å². The van der Waals surface area contributed by atoms with Gasteiger partial charge in [-0.2, -0.15) is 0 Å². The second-order valence-corrected chi connectivity index (χ2v) is 7.55. The first-order chi connectivity index (χ1) is 9.77. The highest BCUT2D eigenvalue weighted by Crippen LogP contribution is 2.31. The molecule has 0 spiro atoms. The van der Waals surface area contributed by atoms with Gasteiger partial charge in [-0.3, -0.25) is 0 Å². The van der Waals surface area contributed by atoms with Gasteiger partial charge in [-0.05, 0) is 59.3 Å². The van der Waals surface area contributed by atoms with Crippen LogP contribution in [0.4, 0.5) is 4.79 Å². The maximum Gasteiger partial charge on any atom is 0.410 e. The summed E-state index contributed by atoms with van der Waals surface area (Å²) in [7, 11) is 0. The molecule has 1 amide bonds. The van der Waals surface area contributed by atoms with Crippen molar-refractivity contribution in [3.63, 3.8) is 0 Å². The van der Waals surface area contributed by atoms with Gasteiger partial charge in [-0.15, -0.1) is 0 Å². The highest BCUT2D eigenvalue weighted by molar-refractivity contribution is 5.68. The number of ether oxygens (including phenoxy) is 1. The van der Waals surface area contributed by atoms with E-state index in [9.17, 15) is 9.90 Å². The zero-order valence-electron chi connectivity index (χ0n) is 13.7. The maximum atomic E-state index is 12.1. The lowest BCUT2D eigenvalue weighted by molar-refractivity contribution is -0.0335. The topological polar surface area (TPSA) is 61.8 Å². The third-order valence-electron chi connectivity index (χ3n) is 4.38. The van der Waals surface area contributed by atoms with Crippen molar-refractivity contribution in [2.45, 2.75) is 76.5 Å². The van der Waals surface area contributed by atoms with Gasteiger partial charge in [-0.25, -0.2) is 4.79 Å². The lowest BCUT2D eigenvalue weighted by atomic mass is 9.80. The molecule has 122 valence electrons. The fraction of sp³-hybridized carbons (Fsp3) is 0.938. The summed E-state index contributed by atoms with van der Waals surface area (Å²) in [6.45, 7) is 7.86. The number of carbonyl (C=O) groups excluding carboxylic acids is 1. The predicted octanol–water partition coefficient (Wildman–Crippen LogP) is 2.28. The Balaban J connectivity index is 1.75. The van der Waals surface area contributed by atoms with Crippen molar-refractivity contribution in [2.24, 2.45) is 0 Å². The van der Waals surface area contributed by atoms with Crippen molar-refractivity contribution in [1.82, 2.24) is 10.2 Å². The summed E-state index contributed by atoms with van der Waals surface area (Å²) < 4.78 is 5.44. The van der Waals surface area contributed by atoms with Crippen LogP contribution < -0.4 is 5.32 Å². The molecule has 5 nitrogen and oxygen atoms in total. The highest BCUT2D eigenvalue weighted by atomic mass is 16.6. The molecule has 0 aromatic heterocycles. The average molecular weight is 298 g/mol. The Hall–Kier alpha value is -0.810. The van der Waals surface area contributed by atoms with E-state index in [1.165, 1.54) is 0 Å². The molecule has 0 bridgehead atoms. The quantitative estimate of drug-likeness (QED) is 0.839. The molecule has 2 aliphatic rings. The van der Waals surface area contributed by atoms with E-state index in [1.807, 2.05) is 25.7 Å². The lowest BCUT2D eigenvalue weighted by Gasteiger charge is -2.38. The van der Waals surface area contributed by atoms with Crippen LogP contribution in [0, 0.1) is 0 Å². The lowest BCUT2D eigenvalue weighted by Crippen LogP contribution is -2.49. The Morgan fingerprint density at radius 1 is 1.29 bits per heavy atom. The molecule has 1 saturated carbocycles. The first kappa shape index (κ1) is 16.6. The minimum atomic E-state index is -0.475. The van der Waals surface area contributed by atoms with Crippen LogP contribution in [-0.2, 0) is 4.74 Å². The van der Waals surface area contributed by atoms with Gasteiger partial charge < -0.3 is 20.1 Å². The molecule has 0 aromatic rings. The summed E-state index contributed by atoms with van der Waals surface area (Å²) in [5, 5.41) is 13.6. The largest absolute Gasteiger partial charge is 0.444 e. The number of hydrogen-bond acceptors (Lipinski definition) is 4. The monoisotopic (exact) mass is 298 g/mol. The van der Waals surface area contributed by atoms with Crippen molar-refractivity contribution in [3.05, 3.63) is 0 Å². The Kier molecular flexibility index (Phi) is 5.15. The molecule has 1 aliphatic carbocycles. The van der Waals surface area contributed by atoms with E-state index < -0.39 is 11.2 Å². The Bertz CT molecular complexity index is 361. The zero-order chi connectivity index (χ0) is 15.5. The van der Waals surface area contributed by atoms with Crippen molar-refractivity contribution in [3.8, 4) is 0 Å². The van der Waals surface area contributed by atoms with Gasteiger partial charge in [0.25, 0.3) is 0 Å². The number of carbonyl (C=O) groups is 1. The molecule has 2 fully saturated rings. The van der Waals surface area contributed by atoms with Gasteiger partial charge in [-0.1, -0.05) is 0 Å². The molecule has 0 radical (unpaired) electrons. The standard InChI is InChI=1S/C16H30N2O3/c1-15(2,3)21-14(19)18-10-4-6-13(7-11-18)17-12-16(20)8-5-9-16/h13,17,20H,4-12H2,1-3H3. The van der Waals surface area contributed by atoms with E-state index in [0.717, 1.165) is 51.6 Å². The summed E-state index contributed by atoms with van der Waals surface area (Å²) >= 11 is 0. The number of hydrogen-bond donors (Lipinski definition) is 2. The van der Waals surface area contributed by atoms with Crippen molar-refractivity contribution in [1.29, 1.82) is 0 Å². The van der Waals surface area contributed by atoms with Crippen LogP contribution in [0.2, 0.25) is 0 Å². The fourth-order valence-electron chi connectivity index (χ4n) is 2.91. The molecule has 1 atom stereocenters. The Morgan fingerprint density at radius 3 is 2.57 bits per heavy atom. The highest BCUT2D eigenvalue weighted by Gasteiger charge is 2.34. The molecular formula is C16H30N2O3. The van der Waals surface area contributed by atoms with E-state index in [4.69, 9.17) is 4.74 Å². The summed E-state index contributed by atoms with van der Waals surface area (Å²) in [5.74, 6) is 0. The molecule has 5 heteroatoms. The maximum absolute atomic E-state index is 12.1. The summed E-state index contributed by atoms with van der Waals surface area (Å²) in [5.41, 5.74) is -0.911. The smallest absolute Gasteiger partial charge is 0.410 e. The van der Waals surface area contributed by atoms with E-state index in [-0.39, 0.29) is 6.09 Å². The average Bonchev–Trinajstić information content (AvgIpc) is 2.57. The first-order valence-electron chi connectivity index (χ1n) is 8.21. The first-order valence-corrected chi connectivity index (χ1v) is 8.21. The third kappa shape index (κ3) is 5.15. The molecule has 2 N–H and O–H groups in total. The summed E-state index contributed by atoms with van der Waals surface area (Å²) in [4.78, 5) is 13.9. The normalized spacial score (nSPS) is 25.9. The van der Waals surface area contributed by atoms with Crippen LogP contribution in [0.1, 0.15) is 59.3 Å². The molecule has 2 rings (SSSR count). The SMILES string of the molecule is CC(C)(C)OC(=O)N1CCCC(NCC2(O)CCC2)CC1. The molecule has 1 aliphatic heterocycles. The van der Waals surface area contributed by atoms with E-state index in [0.29, 0.717) is 12.6 Å². The summed E-state index contributed by atoms with van der Waals surface area (Å²) in [6, 6.07) is 0.391. The molecule has 1 heterocycles. The van der Waals surface area contributed by atoms with E-state index in [1.54, 1.807) is 0 Å². The predicted molar refractivity (Wildman–Crippen MR) is 82.2 cm³/mol. The second kappa shape index (κ2) is 6.53. The van der Waals surface area contributed by atoms with E-state index >= 15 is 0 Å². The number of amides is 1. The summed E-state index contributed by atoms with van der Waals surface area (Å²) in [6.07, 6.45) is 5.71. The van der Waals surface area contributed by atoms with Crippen molar-refractivity contribution in [2.75, 3.05) is 19.6 Å². The van der Waals surface area contributed by atoms with Gasteiger partial charge in [0.15, 0.2) is 0 Å². The van der Waals surface area contributed by atoms with Crippen LogP contribution in [0.25, 0.3) is 0 Å². The van der Waals surface area contributed by atoms with Gasteiger partial charge in [0, 0.05) is 25.7 Å². The number of aliphatic hydroxyl groups is 1. The number of nitrogens with zero attached hydrogens (tertiary/aromatic N) is 1. The Morgan fingerprint density at radius 2 is 2.00 bits per heavy atom. The van der Waals surface area contributed by atoms with Gasteiger partial charge >= 0.3 is 6.09 Å². The molecule has 21 heavy (non-hydrogen) atoms. The molecule has 1 unspecified atom stereocenters. The van der Waals surface area contributed by atoms with Crippen LogP contribution >= 0.6 is 0 Å².